The molecule has 0 radical (unpaired) electrons. The van der Waals surface area contributed by atoms with E-state index in [9.17, 15) is 4.39 Å². The maximum atomic E-state index is 13.5. The molecule has 0 unspecified atom stereocenters. The van der Waals surface area contributed by atoms with E-state index in [0.29, 0.717) is 30.3 Å². The minimum atomic E-state index is -0.258. The van der Waals surface area contributed by atoms with Gasteiger partial charge in [-0.05, 0) is 36.8 Å². The largest absolute Gasteiger partial charge is 0.493 e. The van der Waals surface area contributed by atoms with Gasteiger partial charge in [0.15, 0.2) is 11.5 Å². The predicted molar refractivity (Wildman–Crippen MR) is 77.9 cm³/mol. The van der Waals surface area contributed by atoms with Crippen molar-refractivity contribution in [3.63, 3.8) is 0 Å². The van der Waals surface area contributed by atoms with Gasteiger partial charge in [0.05, 0.1) is 19.4 Å². The number of ether oxygens (including phenoxy) is 2. The van der Waals surface area contributed by atoms with Crippen LogP contribution in [0.5, 0.6) is 11.5 Å². The van der Waals surface area contributed by atoms with Crippen LogP contribution in [0.4, 0.5) is 10.1 Å². The molecule has 0 saturated carbocycles. The monoisotopic (exact) mass is 275 g/mol. The number of hydrogen-bond donors (Lipinski definition) is 1. The Kier molecular flexibility index (Phi) is 4.82. The summed E-state index contributed by atoms with van der Waals surface area (Å²) in [7, 11) is 1.61. The fourth-order valence-corrected chi connectivity index (χ4v) is 1.90. The number of halogens is 1. The molecule has 0 aliphatic heterocycles. The molecule has 0 fully saturated rings. The molecule has 0 aromatic heterocycles. The maximum Gasteiger partial charge on any atom is 0.161 e. The van der Waals surface area contributed by atoms with Crippen molar-refractivity contribution in [2.24, 2.45) is 0 Å². The number of para-hydroxylation sites is 1. The fraction of sp³-hybridized carbons (Fsp3) is 0.250. The van der Waals surface area contributed by atoms with E-state index >= 15 is 0 Å². The van der Waals surface area contributed by atoms with Gasteiger partial charge in [-0.2, -0.15) is 0 Å². The molecule has 1 N–H and O–H groups in total. The number of nitrogens with one attached hydrogen (secondary N) is 1. The van der Waals surface area contributed by atoms with E-state index in [1.54, 1.807) is 25.3 Å². The fourth-order valence-electron chi connectivity index (χ4n) is 1.90. The Balaban J connectivity index is 2.10. The molecule has 0 aliphatic carbocycles. The molecule has 2 rings (SSSR count). The van der Waals surface area contributed by atoms with Crippen molar-refractivity contribution in [2.45, 2.75) is 13.5 Å². The van der Waals surface area contributed by atoms with Crippen molar-refractivity contribution < 1.29 is 13.9 Å². The van der Waals surface area contributed by atoms with Crippen molar-refractivity contribution in [1.82, 2.24) is 0 Å². The first kappa shape index (κ1) is 14.2. The van der Waals surface area contributed by atoms with Crippen LogP contribution in [0, 0.1) is 5.82 Å². The third-order valence-corrected chi connectivity index (χ3v) is 2.88. The second kappa shape index (κ2) is 6.80. The molecule has 2 aromatic rings. The van der Waals surface area contributed by atoms with Crippen molar-refractivity contribution in [1.29, 1.82) is 0 Å². The first-order valence-corrected chi connectivity index (χ1v) is 6.52. The molecule has 0 heterocycles. The van der Waals surface area contributed by atoms with Crippen LogP contribution in [0.3, 0.4) is 0 Å². The molecule has 2 aromatic carbocycles. The van der Waals surface area contributed by atoms with Gasteiger partial charge in [0.1, 0.15) is 5.82 Å². The Morgan fingerprint density at radius 3 is 2.60 bits per heavy atom. The maximum absolute atomic E-state index is 13.5. The number of hydrogen-bond acceptors (Lipinski definition) is 3. The van der Waals surface area contributed by atoms with Gasteiger partial charge < -0.3 is 14.8 Å². The quantitative estimate of drug-likeness (QED) is 0.868. The van der Waals surface area contributed by atoms with E-state index in [0.717, 1.165) is 5.56 Å². The highest BCUT2D eigenvalue weighted by molar-refractivity contribution is 5.47. The first-order chi connectivity index (χ1) is 9.74. The molecule has 106 valence electrons. The van der Waals surface area contributed by atoms with Gasteiger partial charge in [0.25, 0.3) is 0 Å². The van der Waals surface area contributed by atoms with Crippen molar-refractivity contribution in [3.8, 4) is 11.5 Å². The Morgan fingerprint density at radius 1 is 1.10 bits per heavy atom. The number of anilines is 1. The topological polar surface area (TPSA) is 30.5 Å². The second-order valence-corrected chi connectivity index (χ2v) is 4.25. The molecule has 0 spiro atoms. The molecule has 0 bridgehead atoms. The summed E-state index contributed by atoms with van der Waals surface area (Å²) in [5, 5.41) is 3.06. The summed E-state index contributed by atoms with van der Waals surface area (Å²) in [6.45, 7) is 3.01. The lowest BCUT2D eigenvalue weighted by Gasteiger charge is -2.12. The average molecular weight is 275 g/mol. The number of benzene rings is 2. The number of rotatable bonds is 6. The van der Waals surface area contributed by atoms with E-state index in [1.807, 2.05) is 25.1 Å². The lowest BCUT2D eigenvalue weighted by molar-refractivity contribution is 0.310. The molecular weight excluding hydrogens is 257 g/mol. The zero-order chi connectivity index (χ0) is 14.4. The van der Waals surface area contributed by atoms with Crippen LogP contribution < -0.4 is 14.8 Å². The third-order valence-electron chi connectivity index (χ3n) is 2.88. The van der Waals surface area contributed by atoms with Crippen molar-refractivity contribution in [3.05, 3.63) is 53.8 Å². The minimum absolute atomic E-state index is 0.258. The Labute approximate surface area is 118 Å². The van der Waals surface area contributed by atoms with Gasteiger partial charge in [-0.15, -0.1) is 0 Å². The van der Waals surface area contributed by atoms with Gasteiger partial charge in [-0.1, -0.05) is 18.2 Å². The molecule has 0 aliphatic rings. The molecule has 0 amide bonds. The van der Waals surface area contributed by atoms with Gasteiger partial charge in [-0.3, -0.25) is 0 Å². The predicted octanol–water partition coefficient (Wildman–Crippen LogP) is 3.85. The lowest BCUT2D eigenvalue weighted by Crippen LogP contribution is -2.02. The third kappa shape index (κ3) is 3.41. The van der Waals surface area contributed by atoms with E-state index in [1.165, 1.54) is 6.07 Å². The van der Waals surface area contributed by atoms with E-state index in [2.05, 4.69) is 5.32 Å². The Morgan fingerprint density at radius 2 is 1.90 bits per heavy atom. The highest BCUT2D eigenvalue weighted by atomic mass is 19.1. The van der Waals surface area contributed by atoms with E-state index in [-0.39, 0.29) is 5.82 Å². The zero-order valence-electron chi connectivity index (χ0n) is 11.7. The summed E-state index contributed by atoms with van der Waals surface area (Å²) in [4.78, 5) is 0. The Hall–Kier alpha value is -2.23. The first-order valence-electron chi connectivity index (χ1n) is 6.52. The molecule has 20 heavy (non-hydrogen) atoms. The molecule has 3 nitrogen and oxygen atoms in total. The smallest absolute Gasteiger partial charge is 0.161 e. The van der Waals surface area contributed by atoms with Crippen LogP contribution in [0.15, 0.2) is 42.5 Å². The SMILES string of the molecule is CCOc1cc(CNc2ccccc2F)ccc1OC. The van der Waals surface area contributed by atoms with E-state index < -0.39 is 0 Å². The molecular formula is C16H18FNO2. The van der Waals surface area contributed by atoms with Crippen molar-refractivity contribution in [2.75, 3.05) is 19.0 Å². The standard InChI is InChI=1S/C16H18FNO2/c1-3-20-16-10-12(8-9-15(16)19-2)11-18-14-7-5-4-6-13(14)17/h4-10,18H,3,11H2,1-2H3. The summed E-state index contributed by atoms with van der Waals surface area (Å²) in [5.74, 6) is 1.13. The van der Waals surface area contributed by atoms with Crippen LogP contribution in [-0.2, 0) is 6.54 Å². The van der Waals surface area contributed by atoms with Gasteiger partial charge in [0.2, 0.25) is 0 Å². The summed E-state index contributed by atoms with van der Waals surface area (Å²) >= 11 is 0. The normalized spacial score (nSPS) is 10.2. The Bertz CT molecular complexity index is 572. The number of methoxy groups -OCH3 is 1. The summed E-state index contributed by atoms with van der Waals surface area (Å²) < 4.78 is 24.3. The van der Waals surface area contributed by atoms with Crippen LogP contribution in [0.25, 0.3) is 0 Å². The van der Waals surface area contributed by atoms with Crippen LogP contribution in [0.2, 0.25) is 0 Å². The zero-order valence-corrected chi connectivity index (χ0v) is 11.7. The molecule has 0 atom stereocenters. The van der Waals surface area contributed by atoms with Crippen LogP contribution in [-0.4, -0.2) is 13.7 Å². The summed E-state index contributed by atoms with van der Waals surface area (Å²) in [5.41, 5.74) is 1.48. The van der Waals surface area contributed by atoms with Crippen LogP contribution >= 0.6 is 0 Å². The van der Waals surface area contributed by atoms with Crippen molar-refractivity contribution >= 4 is 5.69 Å². The van der Waals surface area contributed by atoms with Gasteiger partial charge in [0, 0.05) is 6.54 Å². The summed E-state index contributed by atoms with van der Waals surface area (Å²) in [6.07, 6.45) is 0. The molecule has 0 saturated heterocycles. The van der Waals surface area contributed by atoms with Gasteiger partial charge >= 0.3 is 0 Å². The average Bonchev–Trinajstić information content (AvgIpc) is 2.47. The highest BCUT2D eigenvalue weighted by Gasteiger charge is 2.06. The van der Waals surface area contributed by atoms with Crippen LogP contribution in [0.1, 0.15) is 12.5 Å². The highest BCUT2D eigenvalue weighted by Crippen LogP contribution is 2.28. The second-order valence-electron chi connectivity index (χ2n) is 4.25. The summed E-state index contributed by atoms with van der Waals surface area (Å²) in [6, 6.07) is 12.3. The van der Waals surface area contributed by atoms with Gasteiger partial charge in [-0.25, -0.2) is 4.39 Å². The molecule has 4 heteroatoms. The van der Waals surface area contributed by atoms with E-state index in [4.69, 9.17) is 9.47 Å². The lowest BCUT2D eigenvalue weighted by atomic mass is 10.2. The minimum Gasteiger partial charge on any atom is -0.493 e.